The van der Waals surface area contributed by atoms with Gasteiger partial charge in [-0.15, -0.1) is 0 Å². The van der Waals surface area contributed by atoms with Crippen LogP contribution in [0.3, 0.4) is 0 Å². The topological polar surface area (TPSA) is 45.8 Å². The molecule has 0 atom stereocenters. The molecule has 2 heterocycles. The summed E-state index contributed by atoms with van der Waals surface area (Å²) < 4.78 is 0. The third-order valence-electron chi connectivity index (χ3n) is 8.53. The lowest BCUT2D eigenvalue weighted by Crippen LogP contribution is -2.62. The van der Waals surface area contributed by atoms with E-state index in [1.165, 1.54) is 84.2 Å². The van der Waals surface area contributed by atoms with Crippen LogP contribution in [0.5, 0.6) is 0 Å². The van der Waals surface area contributed by atoms with Crippen molar-refractivity contribution in [3.05, 3.63) is 0 Å². The van der Waals surface area contributed by atoms with Crippen LogP contribution < -0.4 is 16.0 Å². The van der Waals surface area contributed by atoms with Crippen molar-refractivity contribution in [2.75, 3.05) is 66.5 Å². The van der Waals surface area contributed by atoms with E-state index in [0.717, 1.165) is 25.2 Å². The highest BCUT2D eigenvalue weighted by atomic mass is 15.3. The standard InChI is InChI=1S/C12H24N2.C9H18N2.C7H18N2/c1-11(2)14-9-8-13-12(10-14)6-4-3-5-7-12;1-8(2)11-6-5-10-9(7-11)3-4-9;1-7(2)9(4)6-5-8-3/h11,13H,3-10H2,1-2H3;8,10H,3-7H2,1-2H3;7-8H,5-6H2,1-4H3. The van der Waals surface area contributed by atoms with E-state index in [9.17, 15) is 0 Å². The molecule has 4 fully saturated rings. The molecule has 6 heteroatoms. The number of nitrogens with one attached hydrogen (secondary N) is 3. The predicted octanol–water partition coefficient (Wildman–Crippen LogP) is 3.38. The van der Waals surface area contributed by atoms with Crippen LogP contribution >= 0.6 is 0 Å². The first-order valence-electron chi connectivity index (χ1n) is 14.4. The first-order chi connectivity index (χ1) is 16.1. The van der Waals surface area contributed by atoms with Crippen LogP contribution in [0.4, 0.5) is 0 Å². The van der Waals surface area contributed by atoms with Crippen LogP contribution in [-0.4, -0.2) is 110 Å². The Bertz CT molecular complexity index is 534. The van der Waals surface area contributed by atoms with Gasteiger partial charge in [0.2, 0.25) is 0 Å². The molecule has 34 heavy (non-hydrogen) atoms. The van der Waals surface area contributed by atoms with Gasteiger partial charge in [-0.2, -0.15) is 0 Å². The molecule has 2 spiro atoms. The number of rotatable bonds is 6. The molecule has 2 saturated heterocycles. The molecular weight excluding hydrogens is 420 g/mol. The van der Waals surface area contributed by atoms with Crippen molar-refractivity contribution in [2.24, 2.45) is 0 Å². The molecule has 6 nitrogen and oxygen atoms in total. The van der Waals surface area contributed by atoms with E-state index in [1.807, 2.05) is 7.05 Å². The van der Waals surface area contributed by atoms with Gasteiger partial charge in [0.15, 0.2) is 0 Å². The van der Waals surface area contributed by atoms with Gasteiger partial charge in [0.1, 0.15) is 0 Å². The fraction of sp³-hybridized carbons (Fsp3) is 1.00. The lowest BCUT2D eigenvalue weighted by molar-refractivity contribution is 0.0785. The van der Waals surface area contributed by atoms with Crippen LogP contribution in [0.2, 0.25) is 0 Å². The molecule has 0 aromatic carbocycles. The van der Waals surface area contributed by atoms with Crippen LogP contribution in [0.1, 0.15) is 86.5 Å². The molecule has 0 aromatic heterocycles. The summed E-state index contributed by atoms with van der Waals surface area (Å²) in [4.78, 5) is 7.54. The zero-order chi connectivity index (χ0) is 25.2. The smallest absolute Gasteiger partial charge is 0.0310 e. The average Bonchev–Trinajstić information content (AvgIpc) is 3.56. The third kappa shape index (κ3) is 10.0. The lowest BCUT2D eigenvalue weighted by atomic mass is 9.80. The Labute approximate surface area is 213 Å². The van der Waals surface area contributed by atoms with Crippen molar-refractivity contribution >= 4 is 0 Å². The summed E-state index contributed by atoms with van der Waals surface area (Å²) in [5.41, 5.74) is 1.04. The van der Waals surface area contributed by atoms with E-state index in [-0.39, 0.29) is 0 Å². The first kappa shape index (κ1) is 30.0. The molecule has 4 aliphatic rings. The van der Waals surface area contributed by atoms with E-state index in [2.05, 4.69) is 79.2 Å². The molecule has 4 rings (SSSR count). The van der Waals surface area contributed by atoms with Crippen LogP contribution in [0.25, 0.3) is 0 Å². The maximum Gasteiger partial charge on any atom is 0.0310 e. The van der Waals surface area contributed by atoms with Gasteiger partial charge in [0.05, 0.1) is 0 Å². The first-order valence-corrected chi connectivity index (χ1v) is 14.4. The Kier molecular flexibility index (Phi) is 12.8. The highest BCUT2D eigenvalue weighted by Crippen LogP contribution is 2.37. The molecule has 0 unspecified atom stereocenters. The summed E-state index contributed by atoms with van der Waals surface area (Å²) in [6.45, 7) is 23.3. The zero-order valence-corrected chi connectivity index (χ0v) is 24.2. The van der Waals surface area contributed by atoms with Crippen LogP contribution in [0.15, 0.2) is 0 Å². The normalized spacial score (nSPS) is 24.4. The van der Waals surface area contributed by atoms with E-state index < -0.39 is 0 Å². The largest absolute Gasteiger partial charge is 0.318 e. The molecule has 2 saturated carbocycles. The molecule has 0 bridgehead atoms. The minimum atomic E-state index is 0.487. The Morgan fingerprint density at radius 2 is 1.24 bits per heavy atom. The molecule has 202 valence electrons. The van der Waals surface area contributed by atoms with Crippen LogP contribution in [0, 0.1) is 0 Å². The Balaban J connectivity index is 0.000000186. The van der Waals surface area contributed by atoms with Gasteiger partial charge in [-0.3, -0.25) is 9.80 Å². The zero-order valence-electron chi connectivity index (χ0n) is 24.2. The molecular formula is C28H60N6. The van der Waals surface area contributed by atoms with Gasteiger partial charge in [-0.1, -0.05) is 19.3 Å². The van der Waals surface area contributed by atoms with Gasteiger partial charge >= 0.3 is 0 Å². The fourth-order valence-electron chi connectivity index (χ4n) is 5.45. The number of hydrogen-bond donors (Lipinski definition) is 3. The lowest BCUT2D eigenvalue weighted by Gasteiger charge is -2.47. The quantitative estimate of drug-likeness (QED) is 0.542. The monoisotopic (exact) mass is 480 g/mol. The molecule has 0 amide bonds. The van der Waals surface area contributed by atoms with Crippen molar-refractivity contribution in [3.63, 3.8) is 0 Å². The SMILES string of the molecule is CC(C)N1CCNC2(CC2)C1.CC(C)N1CCNC2(CCCCC2)C1.CNCCN(C)C(C)C. The Hall–Kier alpha value is -0.240. The molecule has 3 N–H and O–H groups in total. The van der Waals surface area contributed by atoms with Crippen molar-refractivity contribution in [3.8, 4) is 0 Å². The maximum absolute atomic E-state index is 3.78. The van der Waals surface area contributed by atoms with Gasteiger partial charge in [-0.05, 0) is 81.3 Å². The summed E-state index contributed by atoms with van der Waals surface area (Å²) in [5, 5.41) is 10.5. The summed E-state index contributed by atoms with van der Waals surface area (Å²) in [7, 11) is 4.12. The number of likely N-dealkylation sites (N-methyl/N-ethyl adjacent to an activating group) is 2. The van der Waals surface area contributed by atoms with E-state index >= 15 is 0 Å². The highest BCUT2D eigenvalue weighted by molar-refractivity contribution is 5.06. The summed E-state index contributed by atoms with van der Waals surface area (Å²) in [6, 6.07) is 2.11. The van der Waals surface area contributed by atoms with Crippen molar-refractivity contribution in [2.45, 2.75) is 116 Å². The second-order valence-corrected chi connectivity index (χ2v) is 12.3. The van der Waals surface area contributed by atoms with E-state index in [1.54, 1.807) is 0 Å². The molecule has 2 aliphatic carbocycles. The number of nitrogens with zero attached hydrogens (tertiary/aromatic N) is 3. The minimum Gasteiger partial charge on any atom is -0.318 e. The van der Waals surface area contributed by atoms with Crippen molar-refractivity contribution in [1.29, 1.82) is 0 Å². The molecule has 0 radical (unpaired) electrons. The summed E-state index contributed by atoms with van der Waals surface area (Å²) in [6.07, 6.45) is 9.90. The second kappa shape index (κ2) is 14.5. The maximum atomic E-state index is 3.78. The van der Waals surface area contributed by atoms with Gasteiger partial charge in [0.25, 0.3) is 0 Å². The van der Waals surface area contributed by atoms with Gasteiger partial charge < -0.3 is 20.9 Å². The fourth-order valence-corrected chi connectivity index (χ4v) is 5.45. The molecule has 0 aromatic rings. The Morgan fingerprint density at radius 1 is 0.765 bits per heavy atom. The Morgan fingerprint density at radius 3 is 1.62 bits per heavy atom. The third-order valence-corrected chi connectivity index (χ3v) is 8.53. The van der Waals surface area contributed by atoms with Gasteiger partial charge in [0, 0.05) is 81.6 Å². The number of piperazine rings is 2. The summed E-state index contributed by atoms with van der Waals surface area (Å²) >= 11 is 0. The summed E-state index contributed by atoms with van der Waals surface area (Å²) in [5.74, 6) is 0. The van der Waals surface area contributed by atoms with Gasteiger partial charge in [-0.25, -0.2) is 0 Å². The second-order valence-electron chi connectivity index (χ2n) is 12.3. The van der Waals surface area contributed by atoms with E-state index in [0.29, 0.717) is 17.1 Å². The average molecular weight is 481 g/mol. The van der Waals surface area contributed by atoms with E-state index in [4.69, 9.17) is 0 Å². The predicted molar refractivity (Wildman–Crippen MR) is 149 cm³/mol. The molecule has 2 aliphatic heterocycles. The van der Waals surface area contributed by atoms with Crippen molar-refractivity contribution in [1.82, 2.24) is 30.7 Å². The minimum absolute atomic E-state index is 0.487. The van der Waals surface area contributed by atoms with Crippen LogP contribution in [-0.2, 0) is 0 Å². The van der Waals surface area contributed by atoms with Crippen molar-refractivity contribution < 1.29 is 0 Å². The highest BCUT2D eigenvalue weighted by Gasteiger charge is 2.45. The number of hydrogen-bond acceptors (Lipinski definition) is 6.